The van der Waals surface area contributed by atoms with E-state index < -0.39 is 5.97 Å². The average Bonchev–Trinajstić information content (AvgIpc) is 2.96. The van der Waals surface area contributed by atoms with Gasteiger partial charge >= 0.3 is 12.0 Å². The van der Waals surface area contributed by atoms with Crippen LogP contribution in [0.4, 0.5) is 4.79 Å². The fourth-order valence-electron chi connectivity index (χ4n) is 1.85. The number of carboxylic acids is 1. The van der Waals surface area contributed by atoms with E-state index in [1.54, 1.807) is 0 Å². The Bertz CT molecular complexity index is 275. The molecule has 0 aromatic rings. The van der Waals surface area contributed by atoms with E-state index in [2.05, 4.69) is 24.5 Å². The Balaban J connectivity index is 2.25. The van der Waals surface area contributed by atoms with Crippen LogP contribution >= 0.6 is 0 Å². The molecule has 1 rings (SSSR count). The molecule has 98 valence electrons. The van der Waals surface area contributed by atoms with Crippen molar-refractivity contribution in [1.82, 2.24) is 10.6 Å². The van der Waals surface area contributed by atoms with E-state index in [0.717, 1.165) is 19.3 Å². The Morgan fingerprint density at radius 2 is 2.00 bits per heavy atom. The predicted molar refractivity (Wildman–Crippen MR) is 64.8 cm³/mol. The minimum Gasteiger partial charge on any atom is -0.481 e. The minimum atomic E-state index is -0.806. The molecule has 0 aromatic heterocycles. The van der Waals surface area contributed by atoms with Crippen LogP contribution in [0.2, 0.25) is 0 Å². The number of carbonyl (C=O) groups excluding carboxylic acids is 1. The van der Waals surface area contributed by atoms with Crippen molar-refractivity contribution in [2.24, 2.45) is 11.8 Å². The first-order chi connectivity index (χ1) is 7.97. The highest BCUT2D eigenvalue weighted by Crippen LogP contribution is 2.18. The summed E-state index contributed by atoms with van der Waals surface area (Å²) in [5.41, 5.74) is 0. The molecule has 5 nitrogen and oxygen atoms in total. The van der Waals surface area contributed by atoms with Gasteiger partial charge in [-0.1, -0.05) is 13.8 Å². The molecule has 1 saturated carbocycles. The van der Waals surface area contributed by atoms with E-state index in [9.17, 15) is 9.59 Å². The fourth-order valence-corrected chi connectivity index (χ4v) is 1.85. The summed E-state index contributed by atoms with van der Waals surface area (Å²) in [6.07, 6.45) is 3.04. The third-order valence-electron chi connectivity index (χ3n) is 2.73. The molecule has 1 aliphatic rings. The van der Waals surface area contributed by atoms with Gasteiger partial charge in [-0.15, -0.1) is 0 Å². The molecule has 1 atom stereocenters. The topological polar surface area (TPSA) is 78.4 Å². The Kier molecular flexibility index (Phi) is 5.25. The highest BCUT2D eigenvalue weighted by molar-refractivity contribution is 5.74. The van der Waals surface area contributed by atoms with Gasteiger partial charge in [0.25, 0.3) is 0 Å². The molecule has 0 radical (unpaired) electrons. The number of amides is 2. The van der Waals surface area contributed by atoms with Crippen LogP contribution in [0.5, 0.6) is 0 Å². The molecule has 0 heterocycles. The summed E-state index contributed by atoms with van der Waals surface area (Å²) in [5, 5.41) is 14.4. The zero-order valence-electron chi connectivity index (χ0n) is 10.5. The lowest BCUT2D eigenvalue weighted by atomic mass is 9.94. The van der Waals surface area contributed by atoms with Crippen LogP contribution in [0.25, 0.3) is 0 Å². The standard InChI is InChI=1S/C12H22N2O3/c1-8(2)5-9(6-11(15)16)7-13-12(17)14-10-3-4-10/h8-10H,3-7H2,1-2H3,(H,15,16)(H2,13,14,17)/t9-/m0/s1. The van der Waals surface area contributed by atoms with Crippen molar-refractivity contribution in [1.29, 1.82) is 0 Å². The smallest absolute Gasteiger partial charge is 0.315 e. The maximum Gasteiger partial charge on any atom is 0.315 e. The van der Waals surface area contributed by atoms with Crippen LogP contribution in [-0.2, 0) is 4.79 Å². The van der Waals surface area contributed by atoms with Crippen molar-refractivity contribution in [3.8, 4) is 0 Å². The number of hydrogen-bond donors (Lipinski definition) is 3. The fraction of sp³-hybridized carbons (Fsp3) is 0.833. The number of rotatable bonds is 7. The number of nitrogens with one attached hydrogen (secondary N) is 2. The molecule has 1 fully saturated rings. The van der Waals surface area contributed by atoms with Gasteiger partial charge in [-0.05, 0) is 31.1 Å². The Labute approximate surface area is 102 Å². The van der Waals surface area contributed by atoms with Crippen molar-refractivity contribution in [2.45, 2.75) is 45.6 Å². The van der Waals surface area contributed by atoms with E-state index in [4.69, 9.17) is 5.11 Å². The number of hydrogen-bond acceptors (Lipinski definition) is 2. The normalized spacial score (nSPS) is 16.6. The first kappa shape index (κ1) is 13.8. The zero-order chi connectivity index (χ0) is 12.8. The van der Waals surface area contributed by atoms with Crippen molar-refractivity contribution < 1.29 is 14.7 Å². The Morgan fingerprint density at radius 3 is 2.47 bits per heavy atom. The molecule has 2 amide bonds. The minimum absolute atomic E-state index is 0.0115. The number of urea groups is 1. The van der Waals surface area contributed by atoms with Gasteiger partial charge < -0.3 is 15.7 Å². The Morgan fingerprint density at radius 1 is 1.35 bits per heavy atom. The van der Waals surface area contributed by atoms with E-state index in [1.165, 1.54) is 0 Å². The zero-order valence-corrected chi connectivity index (χ0v) is 10.5. The van der Waals surface area contributed by atoms with Gasteiger partial charge in [0.15, 0.2) is 0 Å². The maximum absolute atomic E-state index is 11.4. The molecule has 3 N–H and O–H groups in total. The molecule has 1 aliphatic carbocycles. The molecule has 0 unspecified atom stereocenters. The van der Waals surface area contributed by atoms with Crippen molar-refractivity contribution >= 4 is 12.0 Å². The quantitative estimate of drug-likeness (QED) is 0.634. The third-order valence-corrected chi connectivity index (χ3v) is 2.73. The van der Waals surface area contributed by atoms with Gasteiger partial charge in [-0.25, -0.2) is 4.79 Å². The van der Waals surface area contributed by atoms with Crippen LogP contribution < -0.4 is 10.6 Å². The molecule has 0 aromatic carbocycles. The van der Waals surface area contributed by atoms with E-state index in [-0.39, 0.29) is 18.4 Å². The molecule has 0 aliphatic heterocycles. The van der Waals surface area contributed by atoms with Gasteiger partial charge in [0.1, 0.15) is 0 Å². The highest BCUT2D eigenvalue weighted by atomic mass is 16.4. The number of carbonyl (C=O) groups is 2. The summed E-state index contributed by atoms with van der Waals surface area (Å²) in [5.74, 6) is -0.356. The van der Waals surface area contributed by atoms with E-state index in [0.29, 0.717) is 18.5 Å². The van der Waals surface area contributed by atoms with Crippen LogP contribution in [0.15, 0.2) is 0 Å². The van der Waals surface area contributed by atoms with Crippen LogP contribution in [0, 0.1) is 11.8 Å². The largest absolute Gasteiger partial charge is 0.481 e. The lowest BCUT2D eigenvalue weighted by molar-refractivity contribution is -0.138. The lowest BCUT2D eigenvalue weighted by Crippen LogP contribution is -2.39. The van der Waals surface area contributed by atoms with Gasteiger partial charge in [-0.2, -0.15) is 0 Å². The predicted octanol–water partition coefficient (Wildman–Crippen LogP) is 1.58. The van der Waals surface area contributed by atoms with Crippen LogP contribution in [-0.4, -0.2) is 29.7 Å². The van der Waals surface area contributed by atoms with Crippen LogP contribution in [0.3, 0.4) is 0 Å². The van der Waals surface area contributed by atoms with Gasteiger partial charge in [0, 0.05) is 19.0 Å². The second kappa shape index (κ2) is 6.47. The molecule has 0 saturated heterocycles. The second-order valence-electron chi connectivity index (χ2n) is 5.22. The van der Waals surface area contributed by atoms with Crippen molar-refractivity contribution in [3.05, 3.63) is 0 Å². The highest BCUT2D eigenvalue weighted by Gasteiger charge is 2.23. The summed E-state index contributed by atoms with van der Waals surface area (Å²) in [6, 6.07) is 0.157. The summed E-state index contributed by atoms with van der Waals surface area (Å²) < 4.78 is 0. The van der Waals surface area contributed by atoms with Gasteiger partial charge in [0.05, 0.1) is 0 Å². The summed E-state index contributed by atoms with van der Waals surface area (Å²) in [7, 11) is 0. The Hall–Kier alpha value is -1.26. The number of aliphatic carboxylic acids is 1. The molecule has 17 heavy (non-hydrogen) atoms. The summed E-state index contributed by atoms with van der Waals surface area (Å²) >= 11 is 0. The van der Waals surface area contributed by atoms with E-state index in [1.807, 2.05) is 0 Å². The average molecular weight is 242 g/mol. The van der Waals surface area contributed by atoms with Gasteiger partial charge in [-0.3, -0.25) is 4.79 Å². The summed E-state index contributed by atoms with van der Waals surface area (Å²) in [4.78, 5) is 22.1. The molecule has 0 spiro atoms. The van der Waals surface area contributed by atoms with Crippen molar-refractivity contribution in [2.75, 3.05) is 6.54 Å². The second-order valence-corrected chi connectivity index (χ2v) is 5.22. The number of carboxylic acid groups (broad SMARTS) is 1. The SMILES string of the molecule is CC(C)C[C@H](CNC(=O)NC1CC1)CC(=O)O. The molecule has 0 bridgehead atoms. The lowest BCUT2D eigenvalue weighted by Gasteiger charge is -2.17. The first-order valence-corrected chi connectivity index (χ1v) is 6.23. The maximum atomic E-state index is 11.4. The molecular formula is C12H22N2O3. The first-order valence-electron chi connectivity index (χ1n) is 6.23. The third kappa shape index (κ3) is 6.81. The van der Waals surface area contributed by atoms with Gasteiger partial charge in [0.2, 0.25) is 0 Å². The monoisotopic (exact) mass is 242 g/mol. The molecular weight excluding hydrogens is 220 g/mol. The van der Waals surface area contributed by atoms with Crippen molar-refractivity contribution in [3.63, 3.8) is 0 Å². The van der Waals surface area contributed by atoms with E-state index >= 15 is 0 Å². The van der Waals surface area contributed by atoms with Crippen LogP contribution in [0.1, 0.15) is 39.5 Å². The molecule has 5 heteroatoms. The summed E-state index contributed by atoms with van der Waals surface area (Å²) in [6.45, 7) is 4.54.